The third-order valence-electron chi connectivity index (χ3n) is 9.14. The molecule has 1 amide bonds. The van der Waals surface area contributed by atoms with E-state index in [0.29, 0.717) is 16.7 Å². The molecule has 1 aromatic carbocycles. The maximum atomic E-state index is 12.9. The Hall–Kier alpha value is -2.60. The first-order valence-corrected chi connectivity index (χ1v) is 12.6. The van der Waals surface area contributed by atoms with Crippen LogP contribution in [0.5, 0.6) is 5.75 Å². The number of amides is 1. The number of nitrogens with zero attached hydrogens (tertiary/aromatic N) is 3. The highest BCUT2D eigenvalue weighted by Gasteiger charge is 2.48. The summed E-state index contributed by atoms with van der Waals surface area (Å²) in [5.74, 6) is 1.14. The van der Waals surface area contributed by atoms with Crippen LogP contribution in [0.4, 0.5) is 5.69 Å². The number of ether oxygens (including phenoxy) is 1. The van der Waals surface area contributed by atoms with Gasteiger partial charge in [0.15, 0.2) is 0 Å². The van der Waals surface area contributed by atoms with Gasteiger partial charge in [-0.05, 0) is 64.1 Å². The number of benzene rings is 1. The van der Waals surface area contributed by atoms with Gasteiger partial charge < -0.3 is 15.4 Å². The third kappa shape index (κ3) is 3.86. The van der Waals surface area contributed by atoms with Gasteiger partial charge in [-0.25, -0.2) is 0 Å². The van der Waals surface area contributed by atoms with Crippen molar-refractivity contribution in [1.29, 1.82) is 0 Å². The smallest absolute Gasteiger partial charge is 0.256 e. The maximum Gasteiger partial charge on any atom is 0.256 e. The maximum absolute atomic E-state index is 12.9. The minimum atomic E-state index is -0.205. The van der Waals surface area contributed by atoms with E-state index < -0.39 is 0 Å². The Balaban J connectivity index is 1.19. The zero-order valence-electron chi connectivity index (χ0n) is 21.1. The highest BCUT2D eigenvalue weighted by molar-refractivity contribution is 5.98. The number of nitrogens with two attached hydrogens (primary N) is 1. The number of carbonyl (C=O) groups excluding carboxylic acids is 1. The van der Waals surface area contributed by atoms with Gasteiger partial charge in [0.2, 0.25) is 0 Å². The largest absolute Gasteiger partial charge is 0.486 e. The van der Waals surface area contributed by atoms with Crippen molar-refractivity contribution in [3.8, 4) is 5.75 Å². The predicted molar refractivity (Wildman–Crippen MR) is 135 cm³/mol. The van der Waals surface area contributed by atoms with Crippen LogP contribution in [-0.4, -0.2) is 52.5 Å². The van der Waals surface area contributed by atoms with Crippen molar-refractivity contribution in [3.05, 3.63) is 53.3 Å². The number of anilines is 1. The lowest BCUT2D eigenvalue weighted by atomic mass is 9.71. The van der Waals surface area contributed by atoms with Gasteiger partial charge in [-0.1, -0.05) is 32.0 Å². The summed E-state index contributed by atoms with van der Waals surface area (Å²) in [4.78, 5) is 21.5. The van der Waals surface area contributed by atoms with Gasteiger partial charge in [-0.3, -0.25) is 14.7 Å². The second-order valence-corrected chi connectivity index (χ2v) is 11.6. The zero-order chi connectivity index (χ0) is 24.1. The summed E-state index contributed by atoms with van der Waals surface area (Å²) >= 11 is 0. The molecule has 0 radical (unpaired) electrons. The summed E-state index contributed by atoms with van der Waals surface area (Å²) in [7, 11) is 0. The van der Waals surface area contributed by atoms with E-state index in [0.717, 1.165) is 51.3 Å². The lowest BCUT2D eigenvalue weighted by Crippen LogP contribution is -2.48. The second kappa shape index (κ2) is 8.26. The second-order valence-electron chi connectivity index (χ2n) is 11.6. The molecule has 5 rings (SSSR count). The monoisotopic (exact) mass is 462 g/mol. The molecular formula is C28H38N4O2. The number of rotatable bonds is 3. The molecule has 34 heavy (non-hydrogen) atoms. The highest BCUT2D eigenvalue weighted by Crippen LogP contribution is 2.50. The molecule has 3 aliphatic heterocycles. The fourth-order valence-electron chi connectivity index (χ4n) is 5.91. The first-order valence-electron chi connectivity index (χ1n) is 12.6. The van der Waals surface area contributed by atoms with E-state index in [-0.39, 0.29) is 16.9 Å². The normalized spacial score (nSPS) is 22.9. The Bertz CT molecular complexity index is 1080. The molecule has 0 saturated carbocycles. The number of pyridine rings is 1. The SMILES string of the molecule is CC1(C)Oc2c(CN3CCC4(CC3)CCN(C(=O)c3ccncc3N)CC4)cccc2C1(C)C. The molecule has 6 heteroatoms. The van der Waals surface area contributed by atoms with Crippen molar-refractivity contribution in [2.45, 2.75) is 70.9 Å². The number of likely N-dealkylation sites (tertiary alicyclic amines) is 2. The molecule has 2 N–H and O–H groups in total. The molecule has 0 unspecified atom stereocenters. The Morgan fingerprint density at radius 1 is 1.03 bits per heavy atom. The zero-order valence-corrected chi connectivity index (χ0v) is 21.1. The number of hydrogen-bond acceptors (Lipinski definition) is 5. The lowest BCUT2D eigenvalue weighted by Gasteiger charge is -2.47. The molecule has 0 bridgehead atoms. The van der Waals surface area contributed by atoms with Crippen LogP contribution in [0, 0.1) is 5.41 Å². The quantitative estimate of drug-likeness (QED) is 0.720. The van der Waals surface area contributed by atoms with E-state index in [1.807, 2.05) is 4.90 Å². The van der Waals surface area contributed by atoms with Gasteiger partial charge in [-0.2, -0.15) is 0 Å². The molecule has 2 aromatic rings. The Kier molecular flexibility index (Phi) is 5.63. The number of hydrogen-bond donors (Lipinski definition) is 1. The lowest BCUT2D eigenvalue weighted by molar-refractivity contribution is 0.0280. The van der Waals surface area contributed by atoms with E-state index in [4.69, 9.17) is 10.5 Å². The molecule has 0 aliphatic carbocycles. The van der Waals surface area contributed by atoms with Crippen LogP contribution in [0.25, 0.3) is 0 Å². The topological polar surface area (TPSA) is 71.7 Å². The van der Waals surface area contributed by atoms with Crippen molar-refractivity contribution in [2.24, 2.45) is 5.41 Å². The molecule has 2 saturated heterocycles. The first-order chi connectivity index (χ1) is 16.1. The summed E-state index contributed by atoms with van der Waals surface area (Å²) in [6, 6.07) is 8.38. The summed E-state index contributed by atoms with van der Waals surface area (Å²) in [5, 5.41) is 0. The highest BCUT2D eigenvalue weighted by atomic mass is 16.5. The standard InChI is InChI=1S/C28H38N4O2/c1-26(2)22-7-5-6-20(24(22)34-27(26,3)4)19-31-14-9-28(10-15-31)11-16-32(17-12-28)25(33)21-8-13-30-18-23(21)29/h5-8,13,18H,9-12,14-17,19,29H2,1-4H3. The molecule has 1 spiro atoms. The van der Waals surface area contributed by atoms with Crippen LogP contribution in [0.2, 0.25) is 0 Å². The van der Waals surface area contributed by atoms with Crippen molar-refractivity contribution < 1.29 is 9.53 Å². The van der Waals surface area contributed by atoms with Crippen LogP contribution < -0.4 is 10.5 Å². The van der Waals surface area contributed by atoms with E-state index >= 15 is 0 Å². The molecule has 4 heterocycles. The average Bonchev–Trinajstić information content (AvgIpc) is 3.00. The van der Waals surface area contributed by atoms with E-state index in [1.165, 1.54) is 24.0 Å². The third-order valence-corrected chi connectivity index (χ3v) is 9.14. The summed E-state index contributed by atoms with van der Waals surface area (Å²) in [6.45, 7) is 13.7. The summed E-state index contributed by atoms with van der Waals surface area (Å²) in [5.41, 5.74) is 9.80. The minimum absolute atomic E-state index is 0.00334. The molecule has 1 aromatic heterocycles. The number of aromatic nitrogens is 1. The number of carbonyl (C=O) groups is 1. The Morgan fingerprint density at radius 3 is 2.38 bits per heavy atom. The van der Waals surface area contributed by atoms with Crippen molar-refractivity contribution >= 4 is 11.6 Å². The summed E-state index contributed by atoms with van der Waals surface area (Å²) in [6.07, 6.45) is 7.73. The van der Waals surface area contributed by atoms with Gasteiger partial charge in [0, 0.05) is 42.4 Å². The fraction of sp³-hybridized carbons (Fsp3) is 0.571. The van der Waals surface area contributed by atoms with Gasteiger partial charge in [0.1, 0.15) is 11.4 Å². The minimum Gasteiger partial charge on any atom is -0.486 e. The fourth-order valence-corrected chi connectivity index (χ4v) is 5.91. The molecule has 6 nitrogen and oxygen atoms in total. The molecule has 2 fully saturated rings. The predicted octanol–water partition coefficient (Wildman–Crippen LogP) is 4.63. The van der Waals surface area contributed by atoms with Crippen molar-refractivity contribution in [2.75, 3.05) is 31.9 Å². The van der Waals surface area contributed by atoms with Crippen LogP contribution in [0.3, 0.4) is 0 Å². The van der Waals surface area contributed by atoms with E-state index in [9.17, 15) is 4.79 Å². The summed E-state index contributed by atoms with van der Waals surface area (Å²) < 4.78 is 6.49. The van der Waals surface area contributed by atoms with Crippen LogP contribution >= 0.6 is 0 Å². The molecule has 3 aliphatic rings. The first kappa shape index (κ1) is 23.2. The van der Waals surface area contributed by atoms with Gasteiger partial charge in [-0.15, -0.1) is 0 Å². The Morgan fingerprint density at radius 2 is 1.71 bits per heavy atom. The molecule has 182 valence electrons. The van der Waals surface area contributed by atoms with Crippen molar-refractivity contribution in [3.63, 3.8) is 0 Å². The number of para-hydroxylation sites is 1. The molecular weight excluding hydrogens is 424 g/mol. The van der Waals surface area contributed by atoms with Crippen molar-refractivity contribution in [1.82, 2.24) is 14.8 Å². The van der Waals surface area contributed by atoms with E-state index in [1.54, 1.807) is 18.5 Å². The Labute approximate surface area is 203 Å². The van der Waals surface area contributed by atoms with Crippen LogP contribution in [0.1, 0.15) is 74.9 Å². The number of fused-ring (bicyclic) bond motifs is 1. The number of piperidine rings is 2. The molecule has 0 atom stereocenters. The van der Waals surface area contributed by atoms with Crippen LogP contribution in [0.15, 0.2) is 36.7 Å². The van der Waals surface area contributed by atoms with Gasteiger partial charge in [0.05, 0.1) is 17.4 Å². The van der Waals surface area contributed by atoms with Gasteiger partial charge >= 0.3 is 0 Å². The van der Waals surface area contributed by atoms with E-state index in [2.05, 4.69) is 55.8 Å². The number of nitrogen functional groups attached to an aromatic ring is 1. The average molecular weight is 463 g/mol. The van der Waals surface area contributed by atoms with Gasteiger partial charge in [0.25, 0.3) is 5.91 Å². The van der Waals surface area contributed by atoms with Crippen LogP contribution in [-0.2, 0) is 12.0 Å².